The first kappa shape index (κ1) is 19.2. The summed E-state index contributed by atoms with van der Waals surface area (Å²) in [6.45, 7) is 2.53. The van der Waals surface area contributed by atoms with Gasteiger partial charge in [-0.1, -0.05) is 6.07 Å². The van der Waals surface area contributed by atoms with Crippen LogP contribution in [-0.2, 0) is 13.0 Å². The molecule has 7 nitrogen and oxygen atoms in total. The first-order valence-electron chi connectivity index (χ1n) is 10.0. The largest absolute Gasteiger partial charge is 0.493 e. The van der Waals surface area contributed by atoms with E-state index in [2.05, 4.69) is 14.9 Å². The van der Waals surface area contributed by atoms with Gasteiger partial charge < -0.3 is 18.9 Å². The molecule has 0 bridgehead atoms. The second kappa shape index (κ2) is 8.51. The number of nitrogens with zero attached hydrogens (tertiary/aromatic N) is 4. The van der Waals surface area contributed by atoms with Gasteiger partial charge in [0.1, 0.15) is 0 Å². The average Bonchev–Trinajstić information content (AvgIpc) is 2.78. The molecule has 0 N–H and O–H groups in total. The third-order valence-electron chi connectivity index (χ3n) is 5.44. The number of aromatic nitrogens is 3. The highest BCUT2D eigenvalue weighted by Crippen LogP contribution is 2.27. The summed E-state index contributed by atoms with van der Waals surface area (Å²) in [5.41, 5.74) is 1.72. The Balaban J connectivity index is 1.54. The van der Waals surface area contributed by atoms with Crippen LogP contribution in [0.1, 0.15) is 24.8 Å². The molecule has 2 aromatic heterocycles. The van der Waals surface area contributed by atoms with E-state index < -0.39 is 0 Å². The van der Waals surface area contributed by atoms with Crippen LogP contribution < -0.4 is 19.9 Å². The van der Waals surface area contributed by atoms with Gasteiger partial charge in [-0.3, -0.25) is 4.79 Å². The number of fused-ring (bicyclic) bond motifs is 1. The molecule has 0 radical (unpaired) electrons. The molecule has 1 aliphatic rings. The molecule has 0 unspecified atom stereocenters. The van der Waals surface area contributed by atoms with Crippen LogP contribution in [0.5, 0.6) is 11.5 Å². The Morgan fingerprint density at radius 2 is 1.83 bits per heavy atom. The van der Waals surface area contributed by atoms with Crippen molar-refractivity contribution in [1.82, 2.24) is 14.5 Å². The molecule has 3 aromatic rings. The number of benzene rings is 1. The quantitative estimate of drug-likeness (QED) is 0.640. The van der Waals surface area contributed by atoms with Crippen molar-refractivity contribution in [2.24, 2.45) is 0 Å². The van der Waals surface area contributed by atoms with Gasteiger partial charge >= 0.3 is 0 Å². The number of methoxy groups -OCH3 is 2. The summed E-state index contributed by atoms with van der Waals surface area (Å²) >= 11 is 0. The van der Waals surface area contributed by atoms with E-state index in [1.165, 1.54) is 19.3 Å². The topological polar surface area (TPSA) is 69.5 Å². The molecule has 0 amide bonds. The predicted octanol–water partition coefficient (Wildman–Crippen LogP) is 3.04. The van der Waals surface area contributed by atoms with Crippen LogP contribution in [0.3, 0.4) is 0 Å². The van der Waals surface area contributed by atoms with Crippen LogP contribution in [0, 0.1) is 0 Å². The maximum atomic E-state index is 12.9. The number of rotatable bonds is 6. The van der Waals surface area contributed by atoms with Crippen molar-refractivity contribution in [3.63, 3.8) is 0 Å². The van der Waals surface area contributed by atoms with Crippen molar-refractivity contribution in [3.8, 4) is 11.5 Å². The van der Waals surface area contributed by atoms with E-state index in [1.807, 2.05) is 30.5 Å². The minimum Gasteiger partial charge on any atom is -0.493 e. The molecule has 152 valence electrons. The Morgan fingerprint density at radius 1 is 1.03 bits per heavy atom. The number of hydrogen-bond donors (Lipinski definition) is 0. The molecular formula is C22H26N4O3. The van der Waals surface area contributed by atoms with Gasteiger partial charge in [-0.25, -0.2) is 9.97 Å². The molecule has 7 heteroatoms. The Hall–Kier alpha value is -3.09. The zero-order valence-corrected chi connectivity index (χ0v) is 16.9. The van der Waals surface area contributed by atoms with Crippen LogP contribution in [0.25, 0.3) is 10.9 Å². The molecule has 1 aromatic carbocycles. The number of anilines is 1. The third-order valence-corrected chi connectivity index (χ3v) is 5.44. The molecule has 0 atom stereocenters. The fraction of sp³-hybridized carbons (Fsp3) is 0.409. The molecule has 0 aliphatic carbocycles. The van der Waals surface area contributed by atoms with Crippen LogP contribution in [-0.4, -0.2) is 41.8 Å². The number of hydrogen-bond acceptors (Lipinski definition) is 6. The molecule has 1 aliphatic heterocycles. The summed E-state index contributed by atoms with van der Waals surface area (Å²) in [5, 5.41) is 0.556. The highest BCUT2D eigenvalue weighted by atomic mass is 16.5. The molecular weight excluding hydrogens is 368 g/mol. The highest BCUT2D eigenvalue weighted by Gasteiger charge is 2.15. The van der Waals surface area contributed by atoms with E-state index in [-0.39, 0.29) is 5.56 Å². The zero-order chi connectivity index (χ0) is 20.2. The monoisotopic (exact) mass is 394 g/mol. The van der Waals surface area contributed by atoms with E-state index in [9.17, 15) is 4.79 Å². The van der Waals surface area contributed by atoms with Crippen molar-refractivity contribution in [1.29, 1.82) is 0 Å². The smallest absolute Gasteiger partial charge is 0.261 e. The minimum atomic E-state index is -0.0619. The molecule has 3 heterocycles. The summed E-state index contributed by atoms with van der Waals surface area (Å²) in [6.07, 6.45) is 7.78. The molecule has 0 saturated carbocycles. The Morgan fingerprint density at radius 3 is 2.59 bits per heavy atom. The maximum absolute atomic E-state index is 12.9. The minimum absolute atomic E-state index is 0.0619. The Kier molecular flexibility index (Phi) is 5.64. The summed E-state index contributed by atoms with van der Waals surface area (Å²) < 4.78 is 12.3. The van der Waals surface area contributed by atoms with Gasteiger partial charge in [-0.2, -0.15) is 0 Å². The van der Waals surface area contributed by atoms with Gasteiger partial charge in [0.15, 0.2) is 11.5 Å². The van der Waals surface area contributed by atoms with Crippen molar-refractivity contribution in [2.75, 3.05) is 32.2 Å². The fourth-order valence-electron chi connectivity index (χ4n) is 3.77. The lowest BCUT2D eigenvalue weighted by Gasteiger charge is -2.26. The van der Waals surface area contributed by atoms with E-state index in [0.717, 1.165) is 24.6 Å². The normalized spacial score (nSPS) is 14.2. The van der Waals surface area contributed by atoms with Gasteiger partial charge in [0.05, 0.1) is 25.1 Å². The highest BCUT2D eigenvalue weighted by molar-refractivity contribution is 5.77. The number of ether oxygens (including phenoxy) is 2. The molecule has 29 heavy (non-hydrogen) atoms. The first-order chi connectivity index (χ1) is 14.2. The summed E-state index contributed by atoms with van der Waals surface area (Å²) in [4.78, 5) is 24.2. The second-order valence-electron chi connectivity index (χ2n) is 7.27. The van der Waals surface area contributed by atoms with E-state index in [1.54, 1.807) is 25.0 Å². The van der Waals surface area contributed by atoms with Gasteiger partial charge in [0.2, 0.25) is 5.95 Å². The van der Waals surface area contributed by atoms with Crippen LogP contribution >= 0.6 is 0 Å². The summed E-state index contributed by atoms with van der Waals surface area (Å²) in [5.74, 6) is 2.11. The van der Waals surface area contributed by atoms with Crippen LogP contribution in [0.4, 0.5) is 5.95 Å². The van der Waals surface area contributed by atoms with Crippen molar-refractivity contribution in [3.05, 3.63) is 52.6 Å². The van der Waals surface area contributed by atoms with Crippen molar-refractivity contribution < 1.29 is 9.47 Å². The van der Waals surface area contributed by atoms with Crippen LogP contribution in [0.15, 0.2) is 41.5 Å². The number of aryl methyl sites for hydroxylation is 2. The maximum Gasteiger partial charge on any atom is 0.261 e. The van der Waals surface area contributed by atoms with Gasteiger partial charge in [0, 0.05) is 32.0 Å². The summed E-state index contributed by atoms with van der Waals surface area (Å²) in [6, 6.07) is 7.72. The van der Waals surface area contributed by atoms with E-state index in [4.69, 9.17) is 9.47 Å². The van der Waals surface area contributed by atoms with Crippen molar-refractivity contribution in [2.45, 2.75) is 32.2 Å². The number of piperidine rings is 1. The lowest BCUT2D eigenvalue weighted by Crippen LogP contribution is -2.31. The predicted molar refractivity (Wildman–Crippen MR) is 113 cm³/mol. The van der Waals surface area contributed by atoms with E-state index in [0.29, 0.717) is 35.4 Å². The van der Waals surface area contributed by atoms with E-state index >= 15 is 0 Å². The number of pyridine rings is 1. The Labute approximate surface area is 169 Å². The lowest BCUT2D eigenvalue weighted by atomic mass is 10.1. The van der Waals surface area contributed by atoms with Crippen molar-refractivity contribution >= 4 is 16.9 Å². The SMILES string of the molecule is COc1ccc(CCn2ccc3nc(N4CCCCC4)ncc3c2=O)cc1OC. The zero-order valence-electron chi connectivity index (χ0n) is 16.9. The molecule has 1 saturated heterocycles. The summed E-state index contributed by atoms with van der Waals surface area (Å²) in [7, 11) is 3.23. The second-order valence-corrected chi connectivity index (χ2v) is 7.27. The standard InChI is InChI=1S/C22H26N4O3/c1-28-19-7-6-16(14-20(19)29-2)8-12-25-13-9-18-17(21(25)27)15-23-22(24-18)26-10-4-3-5-11-26/h6-7,9,13-15H,3-5,8,10-12H2,1-2H3. The van der Waals surface area contributed by atoms with Gasteiger partial charge in [0.25, 0.3) is 5.56 Å². The Bertz CT molecular complexity index is 1060. The molecule has 4 rings (SSSR count). The fourth-order valence-corrected chi connectivity index (χ4v) is 3.77. The lowest BCUT2D eigenvalue weighted by molar-refractivity contribution is 0.354. The average molecular weight is 394 g/mol. The van der Waals surface area contributed by atoms with Gasteiger partial charge in [-0.15, -0.1) is 0 Å². The van der Waals surface area contributed by atoms with Gasteiger partial charge in [-0.05, 0) is 49.4 Å². The third kappa shape index (κ3) is 4.04. The molecule has 0 spiro atoms. The van der Waals surface area contributed by atoms with Crippen LogP contribution in [0.2, 0.25) is 0 Å². The first-order valence-corrected chi connectivity index (χ1v) is 10.0. The molecule has 1 fully saturated rings.